The van der Waals surface area contributed by atoms with Gasteiger partial charge in [0.05, 0.1) is 12.6 Å². The van der Waals surface area contributed by atoms with Crippen molar-refractivity contribution in [3.63, 3.8) is 0 Å². The molecule has 0 spiro atoms. The minimum Gasteiger partial charge on any atom is -0.391 e. The molecule has 5 heteroatoms. The summed E-state index contributed by atoms with van der Waals surface area (Å²) in [5.41, 5.74) is 0. The molecule has 0 saturated carbocycles. The molecule has 1 N–H and O–H groups in total. The van der Waals surface area contributed by atoms with Crippen LogP contribution in [0.25, 0.3) is 0 Å². The highest BCUT2D eigenvalue weighted by atomic mass is 19.3. The highest BCUT2D eigenvalue weighted by Gasteiger charge is 2.40. The number of aliphatic hydroxyl groups is 1. The van der Waals surface area contributed by atoms with Crippen LogP contribution in [0.2, 0.25) is 0 Å². The van der Waals surface area contributed by atoms with Crippen LogP contribution in [0, 0.1) is 0 Å². The first-order valence-corrected chi connectivity index (χ1v) is 3.72. The first kappa shape index (κ1) is 9.38. The molecule has 0 bridgehead atoms. The molecule has 1 saturated heterocycles. The fourth-order valence-electron chi connectivity index (χ4n) is 1.31. The van der Waals surface area contributed by atoms with Crippen molar-refractivity contribution in [1.82, 2.24) is 4.90 Å². The number of nitrogens with zero attached hydrogens (tertiary/aromatic N) is 1. The van der Waals surface area contributed by atoms with Crippen molar-refractivity contribution in [2.45, 2.75) is 25.4 Å². The average molecular weight is 179 g/mol. The largest absolute Gasteiger partial charge is 0.391 e. The minimum atomic E-state index is -2.94. The zero-order valence-corrected chi connectivity index (χ0v) is 6.76. The van der Waals surface area contributed by atoms with E-state index in [1.165, 1.54) is 6.92 Å². The van der Waals surface area contributed by atoms with Crippen LogP contribution >= 0.6 is 0 Å². The predicted molar refractivity (Wildman–Crippen MR) is 37.8 cm³/mol. The van der Waals surface area contributed by atoms with E-state index in [-0.39, 0.29) is 6.54 Å². The third-order valence-electron chi connectivity index (χ3n) is 1.83. The van der Waals surface area contributed by atoms with Crippen molar-refractivity contribution < 1.29 is 18.7 Å². The zero-order valence-electron chi connectivity index (χ0n) is 6.76. The molecule has 1 atom stereocenters. The third kappa shape index (κ3) is 2.14. The maximum Gasteiger partial charge on any atom is 0.267 e. The van der Waals surface area contributed by atoms with Crippen molar-refractivity contribution in [2.75, 3.05) is 13.1 Å². The van der Waals surface area contributed by atoms with Gasteiger partial charge in [0.15, 0.2) is 0 Å². The summed E-state index contributed by atoms with van der Waals surface area (Å²) in [6.07, 6.45) is -1.64. The van der Waals surface area contributed by atoms with Gasteiger partial charge < -0.3 is 10.0 Å². The maximum absolute atomic E-state index is 12.7. The molecule has 0 aromatic rings. The number of piperidine rings is 1. The van der Waals surface area contributed by atoms with Gasteiger partial charge in [-0.25, -0.2) is 8.78 Å². The van der Waals surface area contributed by atoms with E-state index in [1.807, 2.05) is 0 Å². The molecule has 0 aliphatic carbocycles. The molecule has 1 aliphatic rings. The van der Waals surface area contributed by atoms with Crippen LogP contribution in [-0.2, 0) is 4.79 Å². The van der Waals surface area contributed by atoms with Crippen molar-refractivity contribution in [2.24, 2.45) is 0 Å². The van der Waals surface area contributed by atoms with Crippen molar-refractivity contribution in [3.05, 3.63) is 0 Å². The van der Waals surface area contributed by atoms with E-state index in [2.05, 4.69) is 0 Å². The van der Waals surface area contributed by atoms with Gasteiger partial charge in [0.2, 0.25) is 5.91 Å². The molecule has 0 aromatic carbocycles. The summed E-state index contributed by atoms with van der Waals surface area (Å²) in [5.74, 6) is -3.36. The Bertz CT molecular complexity index is 196. The highest BCUT2D eigenvalue weighted by molar-refractivity contribution is 5.73. The Hall–Kier alpha value is -0.710. The van der Waals surface area contributed by atoms with E-state index in [0.29, 0.717) is 0 Å². The van der Waals surface area contributed by atoms with Gasteiger partial charge in [0.1, 0.15) is 0 Å². The lowest BCUT2D eigenvalue weighted by molar-refractivity contribution is -0.148. The lowest BCUT2D eigenvalue weighted by Gasteiger charge is -2.34. The highest BCUT2D eigenvalue weighted by Crippen LogP contribution is 2.26. The zero-order chi connectivity index (χ0) is 9.35. The van der Waals surface area contributed by atoms with Crippen LogP contribution in [0.5, 0.6) is 0 Å². The Kier molecular flexibility index (Phi) is 2.32. The Balaban J connectivity index is 2.64. The molecular weight excluding hydrogens is 168 g/mol. The van der Waals surface area contributed by atoms with Crippen LogP contribution in [0.4, 0.5) is 8.78 Å². The Morgan fingerprint density at radius 2 is 2.25 bits per heavy atom. The standard InChI is InChI=1S/C7H11F2NO2/c1-5(11)10-3-6(12)2-7(8,9)4-10/h6,12H,2-4H2,1H3. The smallest absolute Gasteiger partial charge is 0.267 e. The lowest BCUT2D eigenvalue weighted by Crippen LogP contribution is -2.50. The van der Waals surface area contributed by atoms with Gasteiger partial charge >= 0.3 is 0 Å². The van der Waals surface area contributed by atoms with Crippen molar-refractivity contribution in [3.8, 4) is 0 Å². The molecule has 1 aliphatic heterocycles. The summed E-state index contributed by atoms with van der Waals surface area (Å²) in [6.45, 7) is 0.665. The summed E-state index contributed by atoms with van der Waals surface area (Å²) < 4.78 is 25.4. The number of halogens is 2. The molecule has 70 valence electrons. The van der Waals surface area contributed by atoms with Crippen LogP contribution in [0.15, 0.2) is 0 Å². The first-order valence-electron chi connectivity index (χ1n) is 3.72. The van der Waals surface area contributed by atoms with Crippen LogP contribution in [0.3, 0.4) is 0 Å². The molecule has 1 unspecified atom stereocenters. The summed E-state index contributed by atoms with van der Waals surface area (Å²) in [6, 6.07) is 0. The van der Waals surface area contributed by atoms with Gasteiger partial charge in [-0.05, 0) is 0 Å². The summed E-state index contributed by atoms with van der Waals surface area (Å²) >= 11 is 0. The number of carbonyl (C=O) groups is 1. The molecule has 1 amide bonds. The number of alkyl halides is 2. The second-order valence-electron chi connectivity index (χ2n) is 3.11. The molecule has 0 radical (unpaired) electrons. The third-order valence-corrected chi connectivity index (χ3v) is 1.83. The Morgan fingerprint density at radius 3 is 2.67 bits per heavy atom. The average Bonchev–Trinajstić information content (AvgIpc) is 1.82. The van der Waals surface area contributed by atoms with Crippen molar-refractivity contribution in [1.29, 1.82) is 0 Å². The number of amides is 1. The van der Waals surface area contributed by atoms with Gasteiger partial charge in [0, 0.05) is 19.9 Å². The maximum atomic E-state index is 12.7. The topological polar surface area (TPSA) is 40.5 Å². The Labute approximate surface area is 69.0 Å². The van der Waals surface area contributed by atoms with Crippen LogP contribution in [0.1, 0.15) is 13.3 Å². The van der Waals surface area contributed by atoms with E-state index in [1.54, 1.807) is 0 Å². The number of hydrogen-bond acceptors (Lipinski definition) is 2. The van der Waals surface area contributed by atoms with Gasteiger partial charge in [-0.1, -0.05) is 0 Å². The number of hydrogen-bond donors (Lipinski definition) is 1. The summed E-state index contributed by atoms with van der Waals surface area (Å²) in [7, 11) is 0. The van der Waals surface area contributed by atoms with Crippen LogP contribution < -0.4 is 0 Å². The monoisotopic (exact) mass is 179 g/mol. The minimum absolute atomic E-state index is 0.0188. The Morgan fingerprint density at radius 1 is 1.67 bits per heavy atom. The van der Waals surface area contributed by atoms with Crippen LogP contribution in [-0.4, -0.2) is 41.0 Å². The van der Waals surface area contributed by atoms with E-state index in [4.69, 9.17) is 5.11 Å². The van der Waals surface area contributed by atoms with Gasteiger partial charge in [0.25, 0.3) is 5.92 Å². The number of aliphatic hydroxyl groups excluding tert-OH is 1. The second kappa shape index (κ2) is 2.97. The molecule has 0 aromatic heterocycles. The van der Waals surface area contributed by atoms with Gasteiger partial charge in [-0.3, -0.25) is 4.79 Å². The normalized spacial score (nSPS) is 28.7. The molecule has 1 rings (SSSR count). The predicted octanol–water partition coefficient (Wildman–Crippen LogP) is 0.235. The van der Waals surface area contributed by atoms with E-state index < -0.39 is 30.9 Å². The van der Waals surface area contributed by atoms with Crippen molar-refractivity contribution >= 4 is 5.91 Å². The summed E-state index contributed by atoms with van der Waals surface area (Å²) in [4.78, 5) is 11.7. The summed E-state index contributed by atoms with van der Waals surface area (Å²) in [5, 5.41) is 8.99. The molecule has 12 heavy (non-hydrogen) atoms. The second-order valence-corrected chi connectivity index (χ2v) is 3.11. The van der Waals surface area contributed by atoms with Gasteiger partial charge in [-0.2, -0.15) is 0 Å². The molecular formula is C7H11F2NO2. The van der Waals surface area contributed by atoms with E-state index in [0.717, 1.165) is 4.90 Å². The number of likely N-dealkylation sites (tertiary alicyclic amines) is 1. The fourth-order valence-corrected chi connectivity index (χ4v) is 1.31. The lowest BCUT2D eigenvalue weighted by atomic mass is 10.1. The van der Waals surface area contributed by atoms with E-state index in [9.17, 15) is 13.6 Å². The first-order chi connectivity index (χ1) is 5.41. The molecule has 1 heterocycles. The number of carbonyl (C=O) groups excluding carboxylic acids is 1. The SMILES string of the molecule is CC(=O)N1CC(O)CC(F)(F)C1. The molecule has 1 fully saturated rings. The van der Waals surface area contributed by atoms with Gasteiger partial charge in [-0.15, -0.1) is 0 Å². The van der Waals surface area contributed by atoms with E-state index >= 15 is 0 Å². The fraction of sp³-hybridized carbons (Fsp3) is 0.857. The quantitative estimate of drug-likeness (QED) is 0.578. The number of rotatable bonds is 0. The molecule has 3 nitrogen and oxygen atoms in total. The number of β-amino-alcohol motifs (C(OH)–C–C–N with tert-alkyl or cyclic N) is 1.